The van der Waals surface area contributed by atoms with Crippen LogP contribution in [0.1, 0.15) is 24.3 Å². The average molecular weight is 253 g/mol. The number of rotatable bonds is 4. The van der Waals surface area contributed by atoms with Crippen LogP contribution in [0.15, 0.2) is 24.4 Å². The maximum absolute atomic E-state index is 11.5. The van der Waals surface area contributed by atoms with E-state index >= 15 is 0 Å². The van der Waals surface area contributed by atoms with Crippen LogP contribution in [0.5, 0.6) is 0 Å². The maximum Gasteiger partial charge on any atom is 0.288 e. The van der Waals surface area contributed by atoms with Gasteiger partial charge in [0, 0.05) is 6.20 Å². The number of thioether (sulfide) groups is 1. The van der Waals surface area contributed by atoms with Crippen molar-refractivity contribution in [2.45, 2.75) is 19.1 Å². The number of pyridine rings is 1. The number of hydrazine groups is 1. The molecule has 2 N–H and O–H groups in total. The van der Waals surface area contributed by atoms with Crippen LogP contribution in [-0.4, -0.2) is 27.8 Å². The van der Waals surface area contributed by atoms with Gasteiger partial charge in [0.15, 0.2) is 0 Å². The van der Waals surface area contributed by atoms with Crippen LogP contribution in [-0.2, 0) is 4.79 Å². The van der Waals surface area contributed by atoms with Crippen molar-refractivity contribution in [3.05, 3.63) is 30.1 Å². The number of nitrogens with one attached hydrogen (secondary N) is 2. The zero-order valence-electron chi connectivity index (χ0n) is 9.77. The summed E-state index contributed by atoms with van der Waals surface area (Å²) in [7, 11) is 0. The molecule has 1 aromatic heterocycles. The highest BCUT2D eigenvalue weighted by atomic mass is 32.2. The topological polar surface area (TPSA) is 71.1 Å². The number of carbonyl (C=O) groups excluding carboxylic acids is 2. The van der Waals surface area contributed by atoms with Gasteiger partial charge in [-0.2, -0.15) is 0 Å². The fourth-order valence-corrected chi connectivity index (χ4v) is 1.52. The van der Waals surface area contributed by atoms with Gasteiger partial charge in [-0.3, -0.25) is 25.4 Å². The summed E-state index contributed by atoms with van der Waals surface area (Å²) in [6, 6.07) is 5.00. The molecule has 0 aromatic carbocycles. The summed E-state index contributed by atoms with van der Waals surface area (Å²) in [5.74, 6) is -0.332. The largest absolute Gasteiger partial charge is 0.288 e. The molecule has 6 heteroatoms. The number of amides is 2. The lowest BCUT2D eigenvalue weighted by atomic mass is 10.3. The summed E-state index contributed by atoms with van der Waals surface area (Å²) in [6.07, 6.45) is 1.52. The van der Waals surface area contributed by atoms with Gasteiger partial charge < -0.3 is 0 Å². The van der Waals surface area contributed by atoms with E-state index in [1.165, 1.54) is 18.0 Å². The molecule has 0 aliphatic heterocycles. The normalized spacial score (nSPS) is 10.1. The number of hydrogen-bond acceptors (Lipinski definition) is 4. The first-order chi connectivity index (χ1) is 8.09. The standard InChI is InChI=1S/C11H15N3O2S/c1-8(2)17-7-10(15)13-14-11(16)9-5-3-4-6-12-9/h3-6,8H,7H2,1-2H3,(H,13,15)(H,14,16). The molecule has 0 atom stereocenters. The lowest BCUT2D eigenvalue weighted by Gasteiger charge is -2.07. The van der Waals surface area contributed by atoms with E-state index in [4.69, 9.17) is 0 Å². The minimum absolute atomic E-state index is 0.229. The Kier molecular flexibility index (Phi) is 5.48. The number of aromatic nitrogens is 1. The third-order valence-corrected chi connectivity index (χ3v) is 2.86. The molecular formula is C11H15N3O2S. The predicted octanol–water partition coefficient (Wildman–Crippen LogP) is 0.984. The molecule has 17 heavy (non-hydrogen) atoms. The molecular weight excluding hydrogens is 238 g/mol. The number of carbonyl (C=O) groups is 2. The third-order valence-electron chi connectivity index (χ3n) is 1.76. The van der Waals surface area contributed by atoms with Gasteiger partial charge in [0.25, 0.3) is 5.91 Å². The van der Waals surface area contributed by atoms with Crippen molar-refractivity contribution in [1.82, 2.24) is 15.8 Å². The van der Waals surface area contributed by atoms with Crippen molar-refractivity contribution < 1.29 is 9.59 Å². The minimum atomic E-state index is -0.423. The first-order valence-electron chi connectivity index (χ1n) is 5.21. The Hall–Kier alpha value is -1.56. The molecule has 0 spiro atoms. The molecule has 0 saturated heterocycles. The fourth-order valence-electron chi connectivity index (χ4n) is 0.966. The monoisotopic (exact) mass is 253 g/mol. The first kappa shape index (κ1) is 13.5. The van der Waals surface area contributed by atoms with E-state index in [9.17, 15) is 9.59 Å². The fraction of sp³-hybridized carbons (Fsp3) is 0.364. The molecule has 0 radical (unpaired) electrons. The second-order valence-electron chi connectivity index (χ2n) is 3.58. The van der Waals surface area contributed by atoms with Gasteiger partial charge in [-0.1, -0.05) is 19.9 Å². The zero-order valence-corrected chi connectivity index (χ0v) is 10.6. The van der Waals surface area contributed by atoms with Crippen molar-refractivity contribution in [1.29, 1.82) is 0 Å². The summed E-state index contributed by atoms with van der Waals surface area (Å²) in [5, 5.41) is 0.382. The summed E-state index contributed by atoms with van der Waals surface area (Å²) in [5.41, 5.74) is 4.91. The quantitative estimate of drug-likeness (QED) is 0.785. The molecule has 0 fully saturated rings. The van der Waals surface area contributed by atoms with Crippen molar-refractivity contribution in [3.8, 4) is 0 Å². The molecule has 0 saturated carbocycles. The molecule has 2 amide bonds. The minimum Gasteiger partial charge on any atom is -0.272 e. The summed E-state index contributed by atoms with van der Waals surface area (Å²) >= 11 is 1.51. The lowest BCUT2D eigenvalue weighted by molar-refractivity contribution is -0.119. The van der Waals surface area contributed by atoms with Crippen LogP contribution in [0.3, 0.4) is 0 Å². The van der Waals surface area contributed by atoms with Gasteiger partial charge in [0.2, 0.25) is 5.91 Å². The van der Waals surface area contributed by atoms with E-state index in [1.807, 2.05) is 13.8 Å². The van der Waals surface area contributed by atoms with E-state index in [1.54, 1.807) is 18.2 Å². The van der Waals surface area contributed by atoms with Crippen LogP contribution >= 0.6 is 11.8 Å². The van der Waals surface area contributed by atoms with Crippen molar-refractivity contribution in [3.63, 3.8) is 0 Å². The second kappa shape index (κ2) is 6.90. The van der Waals surface area contributed by atoms with E-state index in [2.05, 4.69) is 15.8 Å². The summed E-state index contributed by atoms with van der Waals surface area (Å²) in [6.45, 7) is 4.01. The maximum atomic E-state index is 11.5. The molecule has 0 aliphatic carbocycles. The highest BCUT2D eigenvalue weighted by Gasteiger charge is 2.08. The number of hydrogen-bond donors (Lipinski definition) is 2. The number of nitrogens with zero attached hydrogens (tertiary/aromatic N) is 1. The molecule has 92 valence electrons. The van der Waals surface area contributed by atoms with E-state index in [-0.39, 0.29) is 11.6 Å². The first-order valence-corrected chi connectivity index (χ1v) is 6.26. The highest BCUT2D eigenvalue weighted by Crippen LogP contribution is 2.07. The molecule has 5 nitrogen and oxygen atoms in total. The zero-order chi connectivity index (χ0) is 12.7. The summed E-state index contributed by atoms with van der Waals surface area (Å²) in [4.78, 5) is 26.7. The Morgan fingerprint density at radius 1 is 1.35 bits per heavy atom. The molecule has 0 unspecified atom stereocenters. The van der Waals surface area contributed by atoms with Crippen LogP contribution in [0.25, 0.3) is 0 Å². The SMILES string of the molecule is CC(C)SCC(=O)NNC(=O)c1ccccn1. The average Bonchev–Trinajstić information content (AvgIpc) is 2.34. The van der Waals surface area contributed by atoms with Gasteiger partial charge in [0.1, 0.15) is 5.69 Å². The Bertz CT molecular complexity index is 382. The van der Waals surface area contributed by atoms with E-state index < -0.39 is 5.91 Å². The van der Waals surface area contributed by atoms with E-state index in [0.29, 0.717) is 11.0 Å². The van der Waals surface area contributed by atoms with Gasteiger partial charge in [-0.05, 0) is 17.4 Å². The Morgan fingerprint density at radius 3 is 2.71 bits per heavy atom. The van der Waals surface area contributed by atoms with Crippen LogP contribution in [0, 0.1) is 0 Å². The van der Waals surface area contributed by atoms with Crippen molar-refractivity contribution >= 4 is 23.6 Å². The second-order valence-corrected chi connectivity index (χ2v) is 5.14. The lowest BCUT2D eigenvalue weighted by Crippen LogP contribution is -2.42. The van der Waals surface area contributed by atoms with Gasteiger partial charge in [-0.25, -0.2) is 0 Å². The molecule has 1 aromatic rings. The molecule has 1 rings (SSSR count). The van der Waals surface area contributed by atoms with Crippen molar-refractivity contribution in [2.24, 2.45) is 0 Å². The third kappa shape index (κ3) is 5.35. The Labute approximate surface area is 104 Å². The molecule has 0 aliphatic rings. The predicted molar refractivity (Wildman–Crippen MR) is 67.4 cm³/mol. The van der Waals surface area contributed by atoms with Crippen LogP contribution < -0.4 is 10.9 Å². The van der Waals surface area contributed by atoms with Gasteiger partial charge >= 0.3 is 0 Å². The van der Waals surface area contributed by atoms with Crippen LogP contribution in [0.2, 0.25) is 0 Å². The van der Waals surface area contributed by atoms with Gasteiger partial charge in [-0.15, -0.1) is 11.8 Å². The summed E-state index contributed by atoms with van der Waals surface area (Å²) < 4.78 is 0. The Balaban J connectivity index is 2.31. The Morgan fingerprint density at radius 2 is 2.12 bits per heavy atom. The van der Waals surface area contributed by atoms with Gasteiger partial charge in [0.05, 0.1) is 5.75 Å². The van der Waals surface area contributed by atoms with E-state index in [0.717, 1.165) is 0 Å². The molecule has 0 bridgehead atoms. The van der Waals surface area contributed by atoms with Crippen LogP contribution in [0.4, 0.5) is 0 Å². The molecule has 1 heterocycles. The highest BCUT2D eigenvalue weighted by molar-refractivity contribution is 8.00. The smallest absolute Gasteiger partial charge is 0.272 e. The van der Waals surface area contributed by atoms with Crippen molar-refractivity contribution in [2.75, 3.05) is 5.75 Å².